The molecule has 0 saturated carbocycles. The molecule has 2 fully saturated rings. The van der Waals surface area contributed by atoms with Gasteiger partial charge < -0.3 is 39.6 Å². The van der Waals surface area contributed by atoms with E-state index in [1.54, 1.807) is 27.9 Å². The molecule has 11 nitrogen and oxygen atoms in total. The Labute approximate surface area is 219 Å². The largest absolute Gasteiger partial charge is 0.509 e. The van der Waals surface area contributed by atoms with Crippen molar-refractivity contribution in [1.29, 1.82) is 0 Å². The van der Waals surface area contributed by atoms with Crippen molar-refractivity contribution in [3.05, 3.63) is 29.8 Å². The van der Waals surface area contributed by atoms with Crippen LogP contribution in [-0.4, -0.2) is 107 Å². The van der Waals surface area contributed by atoms with Crippen molar-refractivity contribution in [2.75, 3.05) is 66.1 Å². The predicted molar refractivity (Wildman–Crippen MR) is 138 cm³/mol. The molecular formula is C26H42N4O7. The van der Waals surface area contributed by atoms with Gasteiger partial charge in [-0.2, -0.15) is 0 Å². The fourth-order valence-electron chi connectivity index (χ4n) is 4.25. The van der Waals surface area contributed by atoms with E-state index in [0.717, 1.165) is 44.0 Å². The molecule has 2 heterocycles. The van der Waals surface area contributed by atoms with E-state index in [1.807, 2.05) is 24.3 Å². The summed E-state index contributed by atoms with van der Waals surface area (Å²) in [6.07, 6.45) is -2.18. The molecule has 0 spiro atoms. The van der Waals surface area contributed by atoms with E-state index in [-0.39, 0.29) is 6.04 Å². The Morgan fingerprint density at radius 1 is 1.08 bits per heavy atom. The van der Waals surface area contributed by atoms with E-state index in [9.17, 15) is 9.59 Å². The fourth-order valence-corrected chi connectivity index (χ4v) is 4.25. The number of ether oxygens (including phenoxy) is 5. The summed E-state index contributed by atoms with van der Waals surface area (Å²) in [4.78, 5) is 27.2. The fraction of sp³-hybridized carbons (Fsp3) is 0.692. The lowest BCUT2D eigenvalue weighted by molar-refractivity contribution is -0.0519. The summed E-state index contributed by atoms with van der Waals surface area (Å²) in [5, 5.41) is 9.38. The van der Waals surface area contributed by atoms with Gasteiger partial charge in [0, 0.05) is 45.8 Å². The van der Waals surface area contributed by atoms with Gasteiger partial charge in [-0.3, -0.25) is 4.90 Å². The molecule has 11 heteroatoms. The van der Waals surface area contributed by atoms with Crippen LogP contribution in [0.3, 0.4) is 0 Å². The number of rotatable bonds is 11. The lowest BCUT2D eigenvalue weighted by Gasteiger charge is -2.27. The first kappa shape index (κ1) is 29.0. The summed E-state index contributed by atoms with van der Waals surface area (Å²) in [7, 11) is 1.62. The van der Waals surface area contributed by atoms with E-state index < -0.39 is 30.1 Å². The van der Waals surface area contributed by atoms with E-state index >= 15 is 0 Å². The minimum absolute atomic E-state index is 0.248. The Morgan fingerprint density at radius 2 is 1.81 bits per heavy atom. The van der Waals surface area contributed by atoms with Crippen molar-refractivity contribution in [2.24, 2.45) is 0 Å². The number of benzene rings is 1. The first-order valence-corrected chi connectivity index (χ1v) is 12.9. The monoisotopic (exact) mass is 522 g/mol. The lowest BCUT2D eigenvalue weighted by Crippen LogP contribution is -2.45. The molecule has 3 rings (SSSR count). The predicted octanol–water partition coefficient (Wildman–Crippen LogP) is 1.55. The minimum atomic E-state index is -0.795. The third kappa shape index (κ3) is 10.4. The molecule has 0 radical (unpaired) electrons. The van der Waals surface area contributed by atoms with Gasteiger partial charge in [0.1, 0.15) is 11.4 Å². The van der Waals surface area contributed by atoms with Gasteiger partial charge >= 0.3 is 12.2 Å². The molecule has 208 valence electrons. The Bertz CT molecular complexity index is 840. The van der Waals surface area contributed by atoms with Crippen LogP contribution in [0, 0.1) is 0 Å². The molecule has 0 unspecified atom stereocenters. The molecule has 0 aromatic heterocycles. The van der Waals surface area contributed by atoms with Crippen LogP contribution in [0.1, 0.15) is 26.3 Å². The van der Waals surface area contributed by atoms with Gasteiger partial charge in [-0.15, -0.1) is 0 Å². The van der Waals surface area contributed by atoms with Crippen molar-refractivity contribution < 1.29 is 33.3 Å². The number of nitrogens with zero attached hydrogens (tertiary/aromatic N) is 1. The zero-order valence-electron chi connectivity index (χ0n) is 22.4. The van der Waals surface area contributed by atoms with Crippen molar-refractivity contribution in [2.45, 2.75) is 51.0 Å². The molecule has 1 aromatic carbocycles. The first-order valence-electron chi connectivity index (χ1n) is 12.9. The molecule has 2 aliphatic heterocycles. The van der Waals surface area contributed by atoms with Crippen LogP contribution in [0.25, 0.3) is 0 Å². The summed E-state index contributed by atoms with van der Waals surface area (Å²) in [5.41, 5.74) is 0.340. The second-order valence-electron chi connectivity index (χ2n) is 10.2. The summed E-state index contributed by atoms with van der Waals surface area (Å²) in [6, 6.07) is 7.42. The number of hydrogen-bond acceptors (Lipinski definition) is 10. The van der Waals surface area contributed by atoms with Crippen molar-refractivity contribution in [3.8, 4) is 5.75 Å². The van der Waals surface area contributed by atoms with Crippen molar-refractivity contribution in [3.63, 3.8) is 0 Å². The summed E-state index contributed by atoms with van der Waals surface area (Å²) in [5.74, 6) is 0.761. The molecular weight excluding hydrogens is 480 g/mol. The summed E-state index contributed by atoms with van der Waals surface area (Å²) >= 11 is 0. The summed E-state index contributed by atoms with van der Waals surface area (Å²) in [6.45, 7) is 11.9. The average molecular weight is 523 g/mol. The third-order valence-electron chi connectivity index (χ3n) is 6.12. The van der Waals surface area contributed by atoms with E-state index in [1.165, 1.54) is 0 Å². The highest BCUT2D eigenvalue weighted by Gasteiger charge is 2.42. The smallest absolute Gasteiger partial charge is 0.497 e. The van der Waals surface area contributed by atoms with Gasteiger partial charge in [0.2, 0.25) is 0 Å². The molecule has 37 heavy (non-hydrogen) atoms. The van der Waals surface area contributed by atoms with Crippen molar-refractivity contribution >= 4 is 12.2 Å². The Balaban J connectivity index is 1.49. The number of hydrogen-bond donors (Lipinski definition) is 3. The maximum absolute atomic E-state index is 12.6. The van der Waals surface area contributed by atoms with E-state index in [2.05, 4.69) is 20.9 Å². The van der Waals surface area contributed by atoms with Crippen LogP contribution in [0.15, 0.2) is 24.3 Å². The topological polar surface area (TPSA) is 120 Å². The van der Waals surface area contributed by atoms with Gasteiger partial charge in [0.25, 0.3) is 0 Å². The second kappa shape index (κ2) is 14.4. The average Bonchev–Trinajstić information content (AvgIpc) is 3.21. The molecule has 3 N–H and O–H groups in total. The van der Waals surface area contributed by atoms with Crippen LogP contribution >= 0.6 is 0 Å². The number of piperazine rings is 1. The number of methoxy groups -OCH3 is 1. The molecule has 2 aliphatic rings. The number of alkyl carbamates (subject to hydrolysis) is 1. The van der Waals surface area contributed by atoms with Gasteiger partial charge in [-0.25, -0.2) is 9.59 Å². The van der Waals surface area contributed by atoms with Crippen LogP contribution in [-0.2, 0) is 25.4 Å². The van der Waals surface area contributed by atoms with Crippen LogP contribution in [0.4, 0.5) is 9.59 Å². The Kier molecular flexibility index (Phi) is 11.2. The van der Waals surface area contributed by atoms with Crippen LogP contribution in [0.5, 0.6) is 5.75 Å². The highest BCUT2D eigenvalue weighted by Crippen LogP contribution is 2.22. The second-order valence-corrected chi connectivity index (χ2v) is 10.2. The molecule has 1 amide bonds. The Hall–Kier alpha value is -2.60. The third-order valence-corrected chi connectivity index (χ3v) is 6.12. The SMILES string of the molecule is COc1ccc(C[C@H]2NC[C@H](OC(=O)OC(C)(C)C)[C@H]2OC(=O)NCCOCCN2CCNCC2)cc1. The molecule has 0 aliphatic carbocycles. The van der Waals surface area contributed by atoms with Gasteiger partial charge in [0.05, 0.1) is 26.4 Å². The minimum Gasteiger partial charge on any atom is -0.497 e. The zero-order chi connectivity index (χ0) is 26.7. The molecule has 1 aromatic rings. The standard InChI is InChI=1S/C26H42N4O7/c1-26(2,3)37-25(32)35-22-18-29-21(17-19-5-7-20(33-4)8-6-19)23(22)36-24(31)28-11-15-34-16-14-30-12-9-27-10-13-30/h5-8,21-23,27,29H,9-18H2,1-4H3,(H,28,31)/t21-,22+,23+/m1/s1. The summed E-state index contributed by atoms with van der Waals surface area (Å²) < 4.78 is 27.5. The van der Waals surface area contributed by atoms with E-state index in [4.69, 9.17) is 23.7 Å². The maximum Gasteiger partial charge on any atom is 0.509 e. The van der Waals surface area contributed by atoms with Gasteiger partial charge in [-0.05, 0) is 44.9 Å². The van der Waals surface area contributed by atoms with Crippen LogP contribution in [0.2, 0.25) is 0 Å². The van der Waals surface area contributed by atoms with Crippen LogP contribution < -0.4 is 20.7 Å². The number of carbonyl (C=O) groups excluding carboxylic acids is 2. The number of carbonyl (C=O) groups is 2. The first-order chi connectivity index (χ1) is 17.7. The lowest BCUT2D eigenvalue weighted by atomic mass is 10.0. The maximum atomic E-state index is 12.6. The molecule has 3 atom stereocenters. The Morgan fingerprint density at radius 3 is 2.49 bits per heavy atom. The number of amides is 1. The van der Waals surface area contributed by atoms with E-state index in [0.29, 0.717) is 32.7 Å². The molecule has 2 saturated heterocycles. The van der Waals surface area contributed by atoms with Crippen molar-refractivity contribution in [1.82, 2.24) is 20.9 Å². The quantitative estimate of drug-likeness (QED) is 0.292. The highest BCUT2D eigenvalue weighted by molar-refractivity contribution is 5.67. The molecule has 0 bridgehead atoms. The van der Waals surface area contributed by atoms with Gasteiger partial charge in [0.15, 0.2) is 12.2 Å². The normalized spacial score (nSPS) is 22.3. The highest BCUT2D eigenvalue weighted by atomic mass is 16.7. The zero-order valence-corrected chi connectivity index (χ0v) is 22.4. The van der Waals surface area contributed by atoms with Gasteiger partial charge in [-0.1, -0.05) is 12.1 Å². The number of nitrogens with one attached hydrogen (secondary N) is 3.